The summed E-state index contributed by atoms with van der Waals surface area (Å²) >= 11 is 5.70. The highest BCUT2D eigenvalue weighted by atomic mass is 35.5. The molecule has 1 aliphatic rings. The molecule has 0 amide bonds. The van der Waals surface area contributed by atoms with E-state index in [0.717, 1.165) is 0 Å². The predicted octanol–water partition coefficient (Wildman–Crippen LogP) is 2.04. The SMILES string of the molecule is Cc1oc(CCl)cc1S(=O)(=O)N1CC(C)N(C)C(C)C1. The number of nitrogens with zero attached hydrogens (tertiary/aromatic N) is 2. The zero-order chi connectivity index (χ0) is 15.1. The summed E-state index contributed by atoms with van der Waals surface area (Å²) in [5.74, 6) is 1.06. The van der Waals surface area contributed by atoms with Crippen LogP contribution < -0.4 is 0 Å². The molecule has 2 atom stereocenters. The summed E-state index contributed by atoms with van der Waals surface area (Å²) in [6.07, 6.45) is 0. The van der Waals surface area contributed by atoms with Crippen LogP contribution in [0.15, 0.2) is 15.4 Å². The van der Waals surface area contributed by atoms with Crippen LogP contribution in [-0.4, -0.2) is 49.8 Å². The highest BCUT2D eigenvalue weighted by Gasteiger charge is 2.36. The lowest BCUT2D eigenvalue weighted by atomic mass is 10.1. The summed E-state index contributed by atoms with van der Waals surface area (Å²) < 4.78 is 32.4. The highest BCUT2D eigenvalue weighted by Crippen LogP contribution is 2.27. The van der Waals surface area contributed by atoms with Gasteiger partial charge >= 0.3 is 0 Å². The number of hydrogen-bond donors (Lipinski definition) is 0. The van der Waals surface area contributed by atoms with Crippen LogP contribution in [0.25, 0.3) is 0 Å². The van der Waals surface area contributed by atoms with Gasteiger partial charge in [-0.2, -0.15) is 4.31 Å². The fraction of sp³-hybridized carbons (Fsp3) is 0.692. The van der Waals surface area contributed by atoms with E-state index < -0.39 is 10.0 Å². The molecule has 0 aromatic carbocycles. The highest BCUT2D eigenvalue weighted by molar-refractivity contribution is 7.89. The van der Waals surface area contributed by atoms with Crippen molar-refractivity contribution in [2.45, 2.75) is 43.6 Å². The molecule has 0 spiro atoms. The summed E-state index contributed by atoms with van der Waals surface area (Å²) in [4.78, 5) is 2.43. The number of furan rings is 1. The van der Waals surface area contributed by atoms with E-state index in [1.807, 2.05) is 20.9 Å². The molecule has 2 rings (SSSR count). The van der Waals surface area contributed by atoms with Gasteiger partial charge < -0.3 is 4.42 Å². The van der Waals surface area contributed by atoms with Crippen molar-refractivity contribution >= 4 is 21.6 Å². The number of hydrogen-bond acceptors (Lipinski definition) is 4. The molecule has 1 saturated heterocycles. The van der Waals surface area contributed by atoms with Crippen molar-refractivity contribution < 1.29 is 12.8 Å². The maximum Gasteiger partial charge on any atom is 0.246 e. The van der Waals surface area contributed by atoms with Gasteiger partial charge in [0.05, 0.1) is 5.88 Å². The van der Waals surface area contributed by atoms with E-state index in [1.165, 1.54) is 10.4 Å². The predicted molar refractivity (Wildman–Crippen MR) is 78.4 cm³/mol. The van der Waals surface area contributed by atoms with Gasteiger partial charge in [0.2, 0.25) is 10.0 Å². The van der Waals surface area contributed by atoms with E-state index in [2.05, 4.69) is 4.90 Å². The molecule has 1 aliphatic heterocycles. The van der Waals surface area contributed by atoms with Crippen LogP contribution in [0.2, 0.25) is 0 Å². The summed E-state index contributed by atoms with van der Waals surface area (Å²) in [6.45, 7) is 6.70. The first-order chi connectivity index (χ1) is 9.27. The van der Waals surface area contributed by atoms with Crippen LogP contribution in [0.4, 0.5) is 0 Å². The average Bonchev–Trinajstić information content (AvgIpc) is 2.77. The first-order valence-electron chi connectivity index (χ1n) is 6.64. The Labute approximate surface area is 125 Å². The minimum Gasteiger partial charge on any atom is -0.464 e. The first-order valence-corrected chi connectivity index (χ1v) is 8.62. The fourth-order valence-corrected chi connectivity index (χ4v) is 4.46. The number of halogens is 1. The second-order valence-electron chi connectivity index (χ2n) is 5.45. The topological polar surface area (TPSA) is 53.8 Å². The number of alkyl halides is 1. The molecule has 2 unspecified atom stereocenters. The smallest absolute Gasteiger partial charge is 0.246 e. The third kappa shape index (κ3) is 2.74. The lowest BCUT2D eigenvalue weighted by Gasteiger charge is -2.41. The molecule has 7 heteroatoms. The Bertz CT molecular complexity index is 572. The summed E-state index contributed by atoms with van der Waals surface area (Å²) in [7, 11) is -1.50. The molecule has 20 heavy (non-hydrogen) atoms. The second kappa shape index (κ2) is 5.67. The molecule has 114 valence electrons. The van der Waals surface area contributed by atoms with Crippen LogP contribution in [0.1, 0.15) is 25.4 Å². The van der Waals surface area contributed by atoms with Crippen LogP contribution in [0.3, 0.4) is 0 Å². The minimum absolute atomic E-state index is 0.173. The maximum absolute atomic E-state index is 12.7. The molecule has 5 nitrogen and oxygen atoms in total. The van der Waals surface area contributed by atoms with Crippen molar-refractivity contribution in [3.05, 3.63) is 17.6 Å². The number of likely N-dealkylation sites (N-methyl/N-ethyl adjacent to an activating group) is 1. The van der Waals surface area contributed by atoms with Crippen molar-refractivity contribution in [1.29, 1.82) is 0 Å². The van der Waals surface area contributed by atoms with Gasteiger partial charge in [-0.15, -0.1) is 11.6 Å². The largest absolute Gasteiger partial charge is 0.464 e. The molecule has 0 N–H and O–H groups in total. The van der Waals surface area contributed by atoms with Gasteiger partial charge in [-0.05, 0) is 27.8 Å². The van der Waals surface area contributed by atoms with E-state index in [9.17, 15) is 8.42 Å². The quantitative estimate of drug-likeness (QED) is 0.800. The Kier molecular flexibility index (Phi) is 4.49. The van der Waals surface area contributed by atoms with E-state index in [4.69, 9.17) is 16.0 Å². The lowest BCUT2D eigenvalue weighted by molar-refractivity contribution is 0.105. The van der Waals surface area contributed by atoms with Gasteiger partial charge in [-0.25, -0.2) is 8.42 Å². The molecule has 0 bridgehead atoms. The number of sulfonamides is 1. The van der Waals surface area contributed by atoms with Crippen molar-refractivity contribution in [3.8, 4) is 0 Å². The van der Waals surface area contributed by atoms with Gasteiger partial charge in [0.1, 0.15) is 16.4 Å². The average molecular weight is 321 g/mol. The van der Waals surface area contributed by atoms with E-state index in [1.54, 1.807) is 6.92 Å². The Hall–Kier alpha value is -0.560. The van der Waals surface area contributed by atoms with Crippen molar-refractivity contribution in [1.82, 2.24) is 9.21 Å². The summed E-state index contributed by atoms with van der Waals surface area (Å²) in [5.41, 5.74) is 0. The zero-order valence-corrected chi connectivity index (χ0v) is 13.8. The number of piperazine rings is 1. The van der Waals surface area contributed by atoms with Crippen molar-refractivity contribution in [2.24, 2.45) is 0 Å². The van der Waals surface area contributed by atoms with E-state index in [-0.39, 0.29) is 22.9 Å². The molecule has 2 heterocycles. The van der Waals surface area contributed by atoms with Gasteiger partial charge in [0.25, 0.3) is 0 Å². The van der Waals surface area contributed by atoms with Gasteiger partial charge in [-0.3, -0.25) is 4.90 Å². The molecule has 0 saturated carbocycles. The number of aryl methyl sites for hydroxylation is 1. The molecule has 0 aliphatic carbocycles. The Morgan fingerprint density at radius 2 is 1.90 bits per heavy atom. The van der Waals surface area contributed by atoms with Crippen LogP contribution in [0, 0.1) is 6.92 Å². The first kappa shape index (κ1) is 15.8. The second-order valence-corrected chi connectivity index (χ2v) is 7.63. The number of rotatable bonds is 3. The van der Waals surface area contributed by atoms with E-state index >= 15 is 0 Å². The third-order valence-corrected chi connectivity index (χ3v) is 6.20. The summed E-state index contributed by atoms with van der Waals surface area (Å²) in [6, 6.07) is 1.91. The fourth-order valence-electron chi connectivity index (χ4n) is 2.54. The van der Waals surface area contributed by atoms with Crippen LogP contribution >= 0.6 is 11.6 Å². The minimum atomic E-state index is -3.52. The molecular weight excluding hydrogens is 300 g/mol. The molecular formula is C13H21ClN2O3S. The van der Waals surface area contributed by atoms with Crippen molar-refractivity contribution in [2.75, 3.05) is 20.1 Å². The molecule has 0 radical (unpaired) electrons. The van der Waals surface area contributed by atoms with Gasteiger partial charge in [0, 0.05) is 31.2 Å². The normalized spacial score (nSPS) is 26.1. The zero-order valence-electron chi connectivity index (χ0n) is 12.3. The van der Waals surface area contributed by atoms with Crippen LogP contribution in [0.5, 0.6) is 0 Å². The van der Waals surface area contributed by atoms with Crippen molar-refractivity contribution in [3.63, 3.8) is 0 Å². The Balaban J connectivity index is 2.33. The van der Waals surface area contributed by atoms with Gasteiger partial charge in [0.15, 0.2) is 0 Å². The van der Waals surface area contributed by atoms with Gasteiger partial charge in [-0.1, -0.05) is 0 Å². The van der Waals surface area contributed by atoms with E-state index in [0.29, 0.717) is 24.6 Å². The lowest BCUT2D eigenvalue weighted by Crippen LogP contribution is -2.56. The summed E-state index contributed by atoms with van der Waals surface area (Å²) in [5, 5.41) is 0. The standard InChI is InChI=1S/C13H21ClN2O3S/c1-9-7-16(8-10(2)15(9)4)20(17,18)13-5-12(6-14)19-11(13)3/h5,9-10H,6-8H2,1-4H3. The monoisotopic (exact) mass is 320 g/mol. The molecule has 1 fully saturated rings. The maximum atomic E-state index is 12.7. The molecule has 1 aromatic rings. The van der Waals surface area contributed by atoms with Crippen LogP contribution in [-0.2, 0) is 15.9 Å². The Morgan fingerprint density at radius 1 is 1.35 bits per heavy atom. The molecule has 1 aromatic heterocycles. The third-order valence-electron chi connectivity index (χ3n) is 4.00. The Morgan fingerprint density at radius 3 is 2.35 bits per heavy atom.